The summed E-state index contributed by atoms with van der Waals surface area (Å²) in [5.74, 6) is 1.43. The minimum absolute atomic E-state index is 0.0288. The van der Waals surface area contributed by atoms with Crippen LogP contribution in [0.4, 0.5) is 0 Å². The van der Waals surface area contributed by atoms with E-state index in [1.165, 1.54) is 12.8 Å². The van der Waals surface area contributed by atoms with Crippen molar-refractivity contribution in [3.8, 4) is 5.75 Å². The van der Waals surface area contributed by atoms with Crippen molar-refractivity contribution in [1.82, 2.24) is 5.32 Å². The first-order valence-electron chi connectivity index (χ1n) is 8.66. The van der Waals surface area contributed by atoms with Crippen LogP contribution in [-0.4, -0.2) is 18.6 Å². The first-order chi connectivity index (χ1) is 11.2. The summed E-state index contributed by atoms with van der Waals surface area (Å²) in [6.45, 7) is 4.68. The Hall–Kier alpha value is -1.97. The Labute approximate surface area is 137 Å². The standard InChI is InChI=1S/C19H25NO3/c1-3-4-11-22-15-9-10-17-16(12-15)18(13(2)23-17)19(21)20-14-7-5-6-8-14/h9-10,12,14H,3-8,11H2,1-2H3,(H,20,21). The van der Waals surface area contributed by atoms with Crippen molar-refractivity contribution >= 4 is 16.9 Å². The van der Waals surface area contributed by atoms with Crippen molar-refractivity contribution in [3.05, 3.63) is 29.5 Å². The van der Waals surface area contributed by atoms with Crippen LogP contribution in [0.15, 0.2) is 22.6 Å². The van der Waals surface area contributed by atoms with Gasteiger partial charge in [0.1, 0.15) is 17.1 Å². The fourth-order valence-electron chi connectivity index (χ4n) is 3.23. The number of aryl methyl sites for hydroxylation is 1. The molecule has 0 saturated heterocycles. The van der Waals surface area contributed by atoms with E-state index in [0.717, 1.165) is 42.4 Å². The molecule has 1 amide bonds. The molecule has 0 atom stereocenters. The number of hydrogen-bond donors (Lipinski definition) is 1. The zero-order chi connectivity index (χ0) is 16.2. The van der Waals surface area contributed by atoms with Crippen LogP contribution >= 0.6 is 0 Å². The van der Waals surface area contributed by atoms with Gasteiger partial charge in [-0.25, -0.2) is 0 Å². The summed E-state index contributed by atoms with van der Waals surface area (Å²) < 4.78 is 11.5. The molecule has 4 nitrogen and oxygen atoms in total. The van der Waals surface area contributed by atoms with Gasteiger partial charge in [0.15, 0.2) is 0 Å². The minimum atomic E-state index is -0.0288. The Morgan fingerprint density at radius 1 is 1.35 bits per heavy atom. The summed E-state index contributed by atoms with van der Waals surface area (Å²) >= 11 is 0. The van der Waals surface area contributed by atoms with Gasteiger partial charge in [0.25, 0.3) is 5.91 Å². The number of unbranched alkanes of at least 4 members (excludes halogenated alkanes) is 1. The lowest BCUT2D eigenvalue weighted by atomic mass is 10.1. The smallest absolute Gasteiger partial charge is 0.255 e. The van der Waals surface area contributed by atoms with E-state index in [4.69, 9.17) is 9.15 Å². The van der Waals surface area contributed by atoms with Gasteiger partial charge in [0.2, 0.25) is 0 Å². The minimum Gasteiger partial charge on any atom is -0.494 e. The highest BCUT2D eigenvalue weighted by molar-refractivity contribution is 6.07. The number of benzene rings is 1. The van der Waals surface area contributed by atoms with Crippen LogP contribution in [0.3, 0.4) is 0 Å². The van der Waals surface area contributed by atoms with Gasteiger partial charge in [0, 0.05) is 11.4 Å². The van der Waals surface area contributed by atoms with Crippen molar-refractivity contribution in [2.24, 2.45) is 0 Å². The molecule has 0 spiro atoms. The zero-order valence-electron chi connectivity index (χ0n) is 14.0. The number of nitrogens with one attached hydrogen (secondary N) is 1. The van der Waals surface area contributed by atoms with Crippen molar-refractivity contribution in [1.29, 1.82) is 0 Å². The average Bonchev–Trinajstić information content (AvgIpc) is 3.13. The highest BCUT2D eigenvalue weighted by Crippen LogP contribution is 2.30. The molecule has 1 fully saturated rings. The second-order valence-electron chi connectivity index (χ2n) is 6.35. The normalized spacial score (nSPS) is 15.2. The van der Waals surface area contributed by atoms with Gasteiger partial charge in [0.05, 0.1) is 12.2 Å². The number of fused-ring (bicyclic) bond motifs is 1. The molecular weight excluding hydrogens is 290 g/mol. The van der Waals surface area contributed by atoms with E-state index in [1.807, 2.05) is 25.1 Å². The fourth-order valence-corrected chi connectivity index (χ4v) is 3.23. The quantitative estimate of drug-likeness (QED) is 0.793. The Morgan fingerprint density at radius 3 is 2.87 bits per heavy atom. The van der Waals surface area contributed by atoms with Gasteiger partial charge in [-0.05, 0) is 44.4 Å². The van der Waals surface area contributed by atoms with E-state index < -0.39 is 0 Å². The number of carbonyl (C=O) groups excluding carboxylic acids is 1. The lowest BCUT2D eigenvalue weighted by molar-refractivity contribution is 0.0938. The maximum atomic E-state index is 12.7. The van der Waals surface area contributed by atoms with Gasteiger partial charge in [-0.3, -0.25) is 4.79 Å². The van der Waals surface area contributed by atoms with Crippen LogP contribution < -0.4 is 10.1 Å². The molecule has 0 radical (unpaired) electrons. The monoisotopic (exact) mass is 315 g/mol. The summed E-state index contributed by atoms with van der Waals surface area (Å²) in [6.07, 6.45) is 6.68. The largest absolute Gasteiger partial charge is 0.494 e. The number of carbonyl (C=O) groups is 1. The van der Waals surface area contributed by atoms with Crippen molar-refractivity contribution in [2.75, 3.05) is 6.61 Å². The maximum absolute atomic E-state index is 12.7. The van der Waals surface area contributed by atoms with Gasteiger partial charge < -0.3 is 14.5 Å². The predicted octanol–water partition coefficient (Wildman–Crippen LogP) is 4.59. The van der Waals surface area contributed by atoms with E-state index in [1.54, 1.807) is 0 Å². The van der Waals surface area contributed by atoms with Crippen LogP contribution in [0, 0.1) is 6.92 Å². The average molecular weight is 315 g/mol. The topological polar surface area (TPSA) is 51.5 Å². The molecule has 23 heavy (non-hydrogen) atoms. The number of ether oxygens (including phenoxy) is 1. The number of amides is 1. The number of rotatable bonds is 6. The molecule has 4 heteroatoms. The second kappa shape index (κ2) is 7.07. The van der Waals surface area contributed by atoms with Gasteiger partial charge in [-0.15, -0.1) is 0 Å². The molecule has 1 heterocycles. The molecule has 3 rings (SSSR count). The van der Waals surface area contributed by atoms with Crippen LogP contribution in [0.5, 0.6) is 5.75 Å². The van der Waals surface area contributed by atoms with E-state index in [2.05, 4.69) is 12.2 Å². The van der Waals surface area contributed by atoms with E-state index in [9.17, 15) is 4.79 Å². The van der Waals surface area contributed by atoms with Gasteiger partial charge in [-0.1, -0.05) is 26.2 Å². The molecule has 1 aromatic carbocycles. The van der Waals surface area contributed by atoms with Crippen LogP contribution in [0.1, 0.15) is 61.6 Å². The van der Waals surface area contributed by atoms with E-state index in [-0.39, 0.29) is 5.91 Å². The predicted molar refractivity (Wildman–Crippen MR) is 91.1 cm³/mol. The maximum Gasteiger partial charge on any atom is 0.255 e. The molecule has 0 unspecified atom stereocenters. The lowest BCUT2D eigenvalue weighted by Gasteiger charge is -2.11. The van der Waals surface area contributed by atoms with Gasteiger partial charge in [-0.2, -0.15) is 0 Å². The summed E-state index contributed by atoms with van der Waals surface area (Å²) in [5.41, 5.74) is 1.38. The Kier molecular flexibility index (Phi) is 4.89. The molecule has 1 aromatic heterocycles. The second-order valence-corrected chi connectivity index (χ2v) is 6.35. The van der Waals surface area contributed by atoms with Crippen LogP contribution in [0.2, 0.25) is 0 Å². The van der Waals surface area contributed by atoms with Crippen molar-refractivity contribution in [2.45, 2.75) is 58.4 Å². The third kappa shape index (κ3) is 3.52. The Balaban J connectivity index is 1.83. The summed E-state index contributed by atoms with van der Waals surface area (Å²) in [7, 11) is 0. The van der Waals surface area contributed by atoms with Crippen LogP contribution in [0.25, 0.3) is 11.0 Å². The summed E-state index contributed by atoms with van der Waals surface area (Å²) in [6, 6.07) is 6.01. The lowest BCUT2D eigenvalue weighted by Crippen LogP contribution is -2.32. The fraction of sp³-hybridized carbons (Fsp3) is 0.526. The third-order valence-corrected chi connectivity index (χ3v) is 4.52. The third-order valence-electron chi connectivity index (χ3n) is 4.52. The van der Waals surface area contributed by atoms with E-state index >= 15 is 0 Å². The highest BCUT2D eigenvalue weighted by atomic mass is 16.5. The highest BCUT2D eigenvalue weighted by Gasteiger charge is 2.23. The molecule has 1 saturated carbocycles. The molecule has 1 N–H and O–H groups in total. The number of furan rings is 1. The molecule has 0 bridgehead atoms. The molecule has 2 aromatic rings. The summed E-state index contributed by atoms with van der Waals surface area (Å²) in [4.78, 5) is 12.7. The molecular formula is C19H25NO3. The first kappa shape index (κ1) is 15.9. The molecule has 1 aliphatic rings. The summed E-state index contributed by atoms with van der Waals surface area (Å²) in [5, 5.41) is 3.99. The Morgan fingerprint density at radius 2 is 2.13 bits per heavy atom. The van der Waals surface area contributed by atoms with Crippen molar-refractivity contribution < 1.29 is 13.9 Å². The molecule has 124 valence electrons. The Bertz CT molecular complexity index is 683. The molecule has 0 aliphatic heterocycles. The van der Waals surface area contributed by atoms with Crippen LogP contribution in [-0.2, 0) is 0 Å². The molecule has 1 aliphatic carbocycles. The zero-order valence-corrected chi connectivity index (χ0v) is 14.0. The number of hydrogen-bond acceptors (Lipinski definition) is 3. The van der Waals surface area contributed by atoms with Gasteiger partial charge >= 0.3 is 0 Å². The SMILES string of the molecule is CCCCOc1ccc2oc(C)c(C(=O)NC3CCCC3)c2c1. The van der Waals surface area contributed by atoms with Crippen molar-refractivity contribution in [3.63, 3.8) is 0 Å². The van der Waals surface area contributed by atoms with E-state index in [0.29, 0.717) is 24.0 Å². The first-order valence-corrected chi connectivity index (χ1v) is 8.66.